The van der Waals surface area contributed by atoms with E-state index in [1.54, 1.807) is 0 Å². The van der Waals surface area contributed by atoms with Gasteiger partial charge in [0.05, 0.1) is 25.6 Å². The van der Waals surface area contributed by atoms with E-state index in [4.69, 9.17) is 5.11 Å². The maximum absolute atomic E-state index is 13.1. The summed E-state index contributed by atoms with van der Waals surface area (Å²) in [7, 11) is 1.23. The molecular formula is C16H15FN2O5S. The predicted octanol–water partition coefficient (Wildman–Crippen LogP) is 2.47. The molecule has 0 bridgehead atoms. The van der Waals surface area contributed by atoms with E-state index in [0.717, 1.165) is 11.3 Å². The van der Waals surface area contributed by atoms with Crippen molar-refractivity contribution < 1.29 is 28.6 Å². The van der Waals surface area contributed by atoms with Crippen LogP contribution in [0.4, 0.5) is 9.52 Å². The Labute approximate surface area is 146 Å². The van der Waals surface area contributed by atoms with Crippen molar-refractivity contribution >= 4 is 34.3 Å². The number of esters is 1. The Hall–Kier alpha value is -2.81. The first-order chi connectivity index (χ1) is 11.9. The van der Waals surface area contributed by atoms with Gasteiger partial charge in [0.25, 0.3) is 0 Å². The molecule has 0 radical (unpaired) electrons. The number of nitrogens with one attached hydrogen (secondary N) is 1. The van der Waals surface area contributed by atoms with E-state index >= 15 is 0 Å². The van der Waals surface area contributed by atoms with E-state index in [9.17, 15) is 18.8 Å². The van der Waals surface area contributed by atoms with Crippen molar-refractivity contribution in [3.05, 3.63) is 35.0 Å². The third-order valence-electron chi connectivity index (χ3n) is 3.16. The van der Waals surface area contributed by atoms with Crippen molar-refractivity contribution in [3.8, 4) is 11.3 Å². The van der Waals surface area contributed by atoms with Crippen molar-refractivity contribution in [2.24, 2.45) is 0 Å². The standard InChI is InChI=1S/C16H15FN2O5S/c1-24-14(23)7-6-12(20)18-16-19-15(11(25-16)8-13(21)22)9-2-4-10(17)5-3-9/h2-5H,6-8H2,1H3,(H,21,22)(H,18,19,20). The number of ether oxygens (including phenoxy) is 1. The fourth-order valence-corrected chi connectivity index (χ4v) is 2.99. The van der Waals surface area contributed by atoms with Crippen LogP contribution in [0.15, 0.2) is 24.3 Å². The number of rotatable bonds is 7. The molecule has 2 aromatic rings. The van der Waals surface area contributed by atoms with Crippen LogP contribution in [0.1, 0.15) is 17.7 Å². The van der Waals surface area contributed by atoms with Crippen LogP contribution in [-0.2, 0) is 25.5 Å². The van der Waals surface area contributed by atoms with Crippen LogP contribution in [0, 0.1) is 5.82 Å². The number of anilines is 1. The fourth-order valence-electron chi connectivity index (χ4n) is 2.00. The Morgan fingerprint density at radius 1 is 1.24 bits per heavy atom. The van der Waals surface area contributed by atoms with E-state index in [1.807, 2.05) is 0 Å². The minimum Gasteiger partial charge on any atom is -0.481 e. The number of thiazole rings is 1. The summed E-state index contributed by atoms with van der Waals surface area (Å²) in [6.45, 7) is 0. The lowest BCUT2D eigenvalue weighted by Crippen LogP contribution is -2.13. The summed E-state index contributed by atoms with van der Waals surface area (Å²) in [5, 5.41) is 11.8. The minimum absolute atomic E-state index is 0.0689. The molecule has 0 saturated heterocycles. The average Bonchev–Trinajstić information content (AvgIpc) is 2.94. The molecule has 0 unspecified atom stereocenters. The Balaban J connectivity index is 2.19. The van der Waals surface area contributed by atoms with Gasteiger partial charge in [0.1, 0.15) is 5.82 Å². The van der Waals surface area contributed by atoms with E-state index in [-0.39, 0.29) is 24.4 Å². The summed E-state index contributed by atoms with van der Waals surface area (Å²) in [5.74, 6) is -2.41. The number of carbonyl (C=O) groups excluding carboxylic acids is 2. The first-order valence-corrected chi connectivity index (χ1v) is 8.04. The molecule has 0 fully saturated rings. The van der Waals surface area contributed by atoms with Gasteiger partial charge in [-0.05, 0) is 24.3 Å². The molecule has 1 amide bonds. The Bertz CT molecular complexity index is 788. The van der Waals surface area contributed by atoms with Crippen LogP contribution >= 0.6 is 11.3 Å². The highest BCUT2D eigenvalue weighted by molar-refractivity contribution is 7.16. The minimum atomic E-state index is -1.05. The maximum atomic E-state index is 13.1. The van der Waals surface area contributed by atoms with E-state index in [1.165, 1.54) is 31.4 Å². The van der Waals surface area contributed by atoms with Crippen LogP contribution in [0.3, 0.4) is 0 Å². The van der Waals surface area contributed by atoms with Crippen LogP contribution in [0.2, 0.25) is 0 Å². The van der Waals surface area contributed by atoms with Crippen molar-refractivity contribution in [1.82, 2.24) is 4.98 Å². The number of hydrogen-bond acceptors (Lipinski definition) is 6. The van der Waals surface area contributed by atoms with Crippen molar-refractivity contribution in [2.45, 2.75) is 19.3 Å². The van der Waals surface area contributed by atoms with Gasteiger partial charge in [-0.2, -0.15) is 0 Å². The van der Waals surface area contributed by atoms with Gasteiger partial charge in [-0.1, -0.05) is 0 Å². The highest BCUT2D eigenvalue weighted by Crippen LogP contribution is 2.32. The van der Waals surface area contributed by atoms with Gasteiger partial charge in [-0.3, -0.25) is 14.4 Å². The normalized spacial score (nSPS) is 10.3. The number of carboxylic acids is 1. The molecule has 0 saturated carbocycles. The number of hydrogen-bond donors (Lipinski definition) is 2. The summed E-state index contributed by atoms with van der Waals surface area (Å²) in [6, 6.07) is 5.46. The highest BCUT2D eigenvalue weighted by atomic mass is 32.1. The van der Waals surface area contributed by atoms with Crippen LogP contribution in [0.25, 0.3) is 11.3 Å². The third kappa shape index (κ3) is 5.35. The summed E-state index contributed by atoms with van der Waals surface area (Å²) in [6.07, 6.45) is -0.421. The zero-order valence-electron chi connectivity index (χ0n) is 13.2. The van der Waals surface area contributed by atoms with Crippen molar-refractivity contribution in [3.63, 3.8) is 0 Å². The number of amides is 1. The highest BCUT2D eigenvalue weighted by Gasteiger charge is 2.17. The lowest BCUT2D eigenvalue weighted by molar-refractivity contribution is -0.141. The zero-order valence-corrected chi connectivity index (χ0v) is 14.1. The number of halogens is 1. The van der Waals surface area contributed by atoms with Gasteiger partial charge < -0.3 is 15.2 Å². The molecule has 7 nitrogen and oxygen atoms in total. The van der Waals surface area contributed by atoms with Crippen molar-refractivity contribution in [2.75, 3.05) is 12.4 Å². The number of nitrogens with zero attached hydrogens (tertiary/aromatic N) is 1. The van der Waals surface area contributed by atoms with Gasteiger partial charge in [0, 0.05) is 16.9 Å². The van der Waals surface area contributed by atoms with Crippen LogP contribution in [-0.4, -0.2) is 35.0 Å². The predicted molar refractivity (Wildman–Crippen MR) is 88.7 cm³/mol. The van der Waals surface area contributed by atoms with E-state index < -0.39 is 23.7 Å². The molecule has 132 valence electrons. The van der Waals surface area contributed by atoms with Gasteiger partial charge in [-0.25, -0.2) is 9.37 Å². The summed E-state index contributed by atoms with van der Waals surface area (Å²) in [4.78, 5) is 38.6. The Morgan fingerprint density at radius 2 is 1.92 bits per heavy atom. The average molecular weight is 366 g/mol. The first kappa shape index (κ1) is 18.5. The Morgan fingerprint density at radius 3 is 2.52 bits per heavy atom. The van der Waals surface area contributed by atoms with Gasteiger partial charge in [-0.15, -0.1) is 11.3 Å². The van der Waals surface area contributed by atoms with Gasteiger partial charge in [0.15, 0.2) is 5.13 Å². The molecule has 0 atom stereocenters. The molecule has 2 N–H and O–H groups in total. The molecule has 0 aliphatic rings. The van der Waals surface area contributed by atoms with Gasteiger partial charge >= 0.3 is 11.9 Å². The monoisotopic (exact) mass is 366 g/mol. The number of carbonyl (C=O) groups is 3. The second kappa shape index (κ2) is 8.34. The molecule has 25 heavy (non-hydrogen) atoms. The number of aliphatic carboxylic acids is 1. The Kier molecular flexibility index (Phi) is 6.18. The number of methoxy groups -OCH3 is 1. The summed E-state index contributed by atoms with van der Waals surface area (Å²) in [5.41, 5.74) is 0.916. The summed E-state index contributed by atoms with van der Waals surface area (Å²) >= 11 is 1.02. The van der Waals surface area contributed by atoms with Crippen LogP contribution < -0.4 is 5.32 Å². The zero-order chi connectivity index (χ0) is 18.4. The number of carboxylic acid groups (broad SMARTS) is 1. The number of benzene rings is 1. The second-order valence-corrected chi connectivity index (χ2v) is 6.08. The molecule has 1 aromatic heterocycles. The smallest absolute Gasteiger partial charge is 0.308 e. The molecule has 1 heterocycles. The fraction of sp³-hybridized carbons (Fsp3) is 0.250. The number of aromatic nitrogens is 1. The third-order valence-corrected chi connectivity index (χ3v) is 4.13. The molecule has 0 spiro atoms. The first-order valence-electron chi connectivity index (χ1n) is 7.23. The molecule has 0 aliphatic carbocycles. The molecule has 0 aliphatic heterocycles. The lowest BCUT2D eigenvalue weighted by Gasteiger charge is -2.01. The van der Waals surface area contributed by atoms with E-state index in [2.05, 4.69) is 15.0 Å². The van der Waals surface area contributed by atoms with Crippen LogP contribution in [0.5, 0.6) is 0 Å². The lowest BCUT2D eigenvalue weighted by atomic mass is 10.1. The second-order valence-electron chi connectivity index (χ2n) is 4.99. The maximum Gasteiger partial charge on any atom is 0.308 e. The molecule has 9 heteroatoms. The summed E-state index contributed by atoms with van der Waals surface area (Å²) < 4.78 is 17.5. The molecule has 2 rings (SSSR count). The topological polar surface area (TPSA) is 106 Å². The quantitative estimate of drug-likeness (QED) is 0.729. The largest absolute Gasteiger partial charge is 0.481 e. The van der Waals surface area contributed by atoms with E-state index in [0.29, 0.717) is 16.1 Å². The SMILES string of the molecule is COC(=O)CCC(=O)Nc1nc(-c2ccc(F)cc2)c(CC(=O)O)s1. The van der Waals surface area contributed by atoms with Gasteiger partial charge in [0.2, 0.25) is 5.91 Å². The molecule has 1 aromatic carbocycles. The van der Waals surface area contributed by atoms with Crippen molar-refractivity contribution in [1.29, 1.82) is 0 Å². The molecular weight excluding hydrogens is 351 g/mol.